The summed E-state index contributed by atoms with van der Waals surface area (Å²) in [6, 6.07) is 14.1. The Morgan fingerprint density at radius 2 is 1.84 bits per heavy atom. The van der Waals surface area contributed by atoms with Crippen molar-refractivity contribution in [1.82, 2.24) is 5.32 Å². The third-order valence-corrected chi connectivity index (χ3v) is 6.47. The van der Waals surface area contributed by atoms with Crippen LogP contribution in [0.4, 0.5) is 0 Å². The third-order valence-electron chi connectivity index (χ3n) is 4.26. The first-order valence-electron chi connectivity index (χ1n) is 8.25. The van der Waals surface area contributed by atoms with E-state index in [0.29, 0.717) is 6.54 Å². The number of sulfone groups is 1. The lowest BCUT2D eigenvalue weighted by atomic mass is 10.1. The van der Waals surface area contributed by atoms with Crippen LogP contribution in [0.15, 0.2) is 53.4 Å². The lowest BCUT2D eigenvalue weighted by Crippen LogP contribution is -2.35. The van der Waals surface area contributed by atoms with Crippen LogP contribution < -0.4 is 10.1 Å². The predicted molar refractivity (Wildman–Crippen MR) is 95.7 cm³/mol. The van der Waals surface area contributed by atoms with Crippen LogP contribution in [0.2, 0.25) is 0 Å². The maximum atomic E-state index is 12.5. The Kier molecular flexibility index (Phi) is 4.81. The third kappa shape index (κ3) is 3.54. The highest BCUT2D eigenvalue weighted by Crippen LogP contribution is 2.28. The largest absolute Gasteiger partial charge is 0.488 e. The molecule has 2 aromatic rings. The zero-order valence-electron chi connectivity index (χ0n) is 14.2. The molecule has 1 heterocycles. The van der Waals surface area contributed by atoms with Crippen LogP contribution in [0, 0.1) is 0 Å². The minimum atomic E-state index is -3.53. The SMILES string of the molecule is CC(C)S(=O)(=O)c1ccccc1C(=O)NCC1Cc2ccccc2O1. The molecule has 132 valence electrons. The molecular formula is C19H21NO4S. The van der Waals surface area contributed by atoms with Crippen molar-refractivity contribution in [3.05, 3.63) is 59.7 Å². The molecule has 0 aromatic heterocycles. The van der Waals surface area contributed by atoms with Crippen LogP contribution in [0.25, 0.3) is 0 Å². The van der Waals surface area contributed by atoms with Gasteiger partial charge in [-0.15, -0.1) is 0 Å². The number of hydrogen-bond acceptors (Lipinski definition) is 4. The van der Waals surface area contributed by atoms with Gasteiger partial charge in [-0.3, -0.25) is 4.79 Å². The normalized spacial score (nSPS) is 16.4. The van der Waals surface area contributed by atoms with Crippen molar-refractivity contribution in [2.75, 3.05) is 6.54 Å². The van der Waals surface area contributed by atoms with Crippen LogP contribution in [0.1, 0.15) is 29.8 Å². The smallest absolute Gasteiger partial charge is 0.252 e. The van der Waals surface area contributed by atoms with Crippen LogP contribution in [-0.4, -0.2) is 32.2 Å². The lowest BCUT2D eigenvalue weighted by Gasteiger charge is -2.15. The number of hydrogen-bond donors (Lipinski definition) is 1. The van der Waals surface area contributed by atoms with Crippen LogP contribution in [0.3, 0.4) is 0 Å². The van der Waals surface area contributed by atoms with Gasteiger partial charge in [-0.05, 0) is 37.6 Å². The molecule has 1 unspecified atom stereocenters. The fraction of sp³-hybridized carbons (Fsp3) is 0.316. The second-order valence-electron chi connectivity index (χ2n) is 6.35. The number of carbonyl (C=O) groups is 1. The summed E-state index contributed by atoms with van der Waals surface area (Å²) >= 11 is 0. The van der Waals surface area contributed by atoms with Crippen molar-refractivity contribution >= 4 is 15.7 Å². The Labute approximate surface area is 147 Å². The molecule has 25 heavy (non-hydrogen) atoms. The van der Waals surface area contributed by atoms with Gasteiger partial charge in [-0.25, -0.2) is 8.42 Å². The van der Waals surface area contributed by atoms with Gasteiger partial charge in [0, 0.05) is 6.42 Å². The summed E-state index contributed by atoms with van der Waals surface area (Å²) in [4.78, 5) is 12.6. The van der Waals surface area contributed by atoms with Gasteiger partial charge >= 0.3 is 0 Å². The minimum absolute atomic E-state index is 0.0677. The average molecular weight is 359 g/mol. The van der Waals surface area contributed by atoms with Gasteiger partial charge in [0.15, 0.2) is 9.84 Å². The average Bonchev–Trinajstić information content (AvgIpc) is 3.02. The summed E-state index contributed by atoms with van der Waals surface area (Å²) < 4.78 is 30.7. The fourth-order valence-corrected chi connectivity index (χ4v) is 4.07. The summed E-state index contributed by atoms with van der Waals surface area (Å²) in [6.45, 7) is 3.53. The molecule has 1 aliphatic heterocycles. The molecular weight excluding hydrogens is 338 g/mol. The van der Waals surface area contributed by atoms with E-state index < -0.39 is 21.0 Å². The van der Waals surface area contributed by atoms with Gasteiger partial charge in [0.1, 0.15) is 11.9 Å². The van der Waals surface area contributed by atoms with E-state index in [2.05, 4.69) is 5.32 Å². The van der Waals surface area contributed by atoms with E-state index in [4.69, 9.17) is 4.74 Å². The predicted octanol–water partition coefficient (Wildman–Crippen LogP) is 2.60. The van der Waals surface area contributed by atoms with Crippen LogP contribution in [-0.2, 0) is 16.3 Å². The quantitative estimate of drug-likeness (QED) is 0.891. The molecule has 0 saturated heterocycles. The number of carbonyl (C=O) groups excluding carboxylic acids is 1. The van der Waals surface area contributed by atoms with Gasteiger partial charge in [0.05, 0.1) is 22.3 Å². The molecule has 1 N–H and O–H groups in total. The minimum Gasteiger partial charge on any atom is -0.488 e. The Hall–Kier alpha value is -2.34. The number of rotatable bonds is 5. The Morgan fingerprint density at radius 1 is 1.16 bits per heavy atom. The fourth-order valence-electron chi connectivity index (χ4n) is 2.83. The first-order valence-corrected chi connectivity index (χ1v) is 9.80. The highest BCUT2D eigenvalue weighted by molar-refractivity contribution is 7.92. The van der Waals surface area contributed by atoms with Crippen LogP contribution in [0.5, 0.6) is 5.75 Å². The summed E-state index contributed by atoms with van der Waals surface area (Å²) in [7, 11) is -3.53. The first kappa shape index (κ1) is 17.5. The molecule has 0 fully saturated rings. The molecule has 0 bridgehead atoms. The second kappa shape index (κ2) is 6.88. The number of ether oxygens (including phenoxy) is 1. The van der Waals surface area contributed by atoms with E-state index >= 15 is 0 Å². The number of para-hydroxylation sites is 1. The Morgan fingerprint density at radius 3 is 2.56 bits per heavy atom. The van der Waals surface area contributed by atoms with Crippen LogP contribution >= 0.6 is 0 Å². The first-order chi connectivity index (χ1) is 11.9. The number of amides is 1. The van der Waals surface area contributed by atoms with Gasteiger partial charge < -0.3 is 10.1 Å². The standard InChI is InChI=1S/C19H21NO4S/c1-13(2)25(22,23)18-10-6-4-8-16(18)19(21)20-12-15-11-14-7-3-5-9-17(14)24-15/h3-10,13,15H,11-12H2,1-2H3,(H,20,21). The van der Waals surface area contributed by atoms with E-state index in [9.17, 15) is 13.2 Å². The summed E-state index contributed by atoms with van der Waals surface area (Å²) in [5, 5.41) is 2.21. The molecule has 0 saturated carbocycles. The summed E-state index contributed by atoms with van der Waals surface area (Å²) in [6.07, 6.45) is 0.581. The van der Waals surface area contributed by atoms with Gasteiger partial charge in [0.25, 0.3) is 5.91 Å². The van der Waals surface area contributed by atoms with E-state index in [0.717, 1.165) is 17.7 Å². The zero-order chi connectivity index (χ0) is 18.0. The van der Waals surface area contributed by atoms with Gasteiger partial charge in [0.2, 0.25) is 0 Å². The van der Waals surface area contributed by atoms with Gasteiger partial charge in [-0.2, -0.15) is 0 Å². The highest BCUT2D eigenvalue weighted by Gasteiger charge is 2.27. The molecule has 1 amide bonds. The molecule has 2 aromatic carbocycles. The maximum absolute atomic E-state index is 12.5. The van der Waals surface area contributed by atoms with Crippen molar-refractivity contribution in [3.63, 3.8) is 0 Å². The van der Waals surface area contributed by atoms with Crippen molar-refractivity contribution < 1.29 is 17.9 Å². The number of nitrogens with one attached hydrogen (secondary N) is 1. The summed E-state index contributed by atoms with van der Waals surface area (Å²) in [5.74, 6) is 0.434. The van der Waals surface area contributed by atoms with Gasteiger partial charge in [-0.1, -0.05) is 30.3 Å². The topological polar surface area (TPSA) is 72.5 Å². The monoisotopic (exact) mass is 359 g/mol. The molecule has 6 heteroatoms. The van der Waals surface area contributed by atoms with E-state index in [1.807, 2.05) is 24.3 Å². The molecule has 0 spiro atoms. The van der Waals surface area contributed by atoms with Crippen molar-refractivity contribution in [1.29, 1.82) is 0 Å². The maximum Gasteiger partial charge on any atom is 0.252 e. The molecule has 0 aliphatic carbocycles. The Bertz CT molecular complexity index is 865. The molecule has 5 nitrogen and oxygen atoms in total. The molecule has 1 atom stereocenters. The highest BCUT2D eigenvalue weighted by atomic mass is 32.2. The molecule has 3 rings (SSSR count). The zero-order valence-corrected chi connectivity index (χ0v) is 15.0. The molecule has 1 aliphatic rings. The van der Waals surface area contributed by atoms with E-state index in [1.54, 1.807) is 26.0 Å². The van der Waals surface area contributed by atoms with E-state index in [-0.39, 0.29) is 16.6 Å². The Balaban J connectivity index is 1.71. The van der Waals surface area contributed by atoms with Crippen molar-refractivity contribution in [2.24, 2.45) is 0 Å². The second-order valence-corrected chi connectivity index (χ2v) is 8.82. The number of benzene rings is 2. The summed E-state index contributed by atoms with van der Waals surface area (Å²) in [5.41, 5.74) is 1.29. The van der Waals surface area contributed by atoms with E-state index in [1.165, 1.54) is 12.1 Å². The lowest BCUT2D eigenvalue weighted by molar-refractivity contribution is 0.0930. The molecule has 0 radical (unpaired) electrons. The van der Waals surface area contributed by atoms with Crippen molar-refractivity contribution in [2.45, 2.75) is 36.5 Å². The number of fused-ring (bicyclic) bond motifs is 1. The van der Waals surface area contributed by atoms with Crippen molar-refractivity contribution in [3.8, 4) is 5.75 Å².